The molecule has 4 unspecified atom stereocenters. The minimum atomic E-state index is -0.523. The van der Waals surface area contributed by atoms with E-state index in [1.807, 2.05) is 14.0 Å². The zero-order valence-corrected chi connectivity index (χ0v) is 11.8. The normalized spacial score (nSPS) is 32.2. The van der Waals surface area contributed by atoms with Crippen LogP contribution in [0.25, 0.3) is 0 Å². The molecule has 5 heteroatoms. The zero-order valence-electron chi connectivity index (χ0n) is 11.0. The van der Waals surface area contributed by atoms with Crippen molar-refractivity contribution >= 4 is 17.7 Å². The molecule has 0 amide bonds. The highest BCUT2D eigenvalue weighted by Crippen LogP contribution is 2.39. The van der Waals surface area contributed by atoms with Gasteiger partial charge in [0.05, 0.1) is 13.2 Å². The van der Waals surface area contributed by atoms with Gasteiger partial charge in [0.1, 0.15) is 5.54 Å². The molecule has 1 fully saturated rings. The van der Waals surface area contributed by atoms with Gasteiger partial charge in [-0.15, -0.1) is 0 Å². The standard InChI is InChI=1S/C12H23NO3S/c1-8(14)9(2)17-10-5-6-12(7-10,13-3)11(15)16-4/h8-10,13-14H,5-7H2,1-4H3. The molecule has 4 atom stereocenters. The number of nitrogens with one attached hydrogen (secondary N) is 1. The van der Waals surface area contributed by atoms with E-state index >= 15 is 0 Å². The van der Waals surface area contributed by atoms with Crippen molar-refractivity contribution in [1.29, 1.82) is 0 Å². The second-order valence-corrected chi connectivity index (χ2v) is 6.45. The number of carbonyl (C=O) groups is 1. The number of hydrogen-bond acceptors (Lipinski definition) is 5. The molecule has 0 spiro atoms. The van der Waals surface area contributed by atoms with Crippen LogP contribution in [0.2, 0.25) is 0 Å². The number of aliphatic hydroxyl groups excluding tert-OH is 1. The molecule has 0 aromatic heterocycles. The van der Waals surface area contributed by atoms with Crippen LogP contribution >= 0.6 is 11.8 Å². The Morgan fingerprint density at radius 3 is 2.71 bits per heavy atom. The smallest absolute Gasteiger partial charge is 0.326 e. The Bertz CT molecular complexity index is 272. The van der Waals surface area contributed by atoms with Gasteiger partial charge in [0, 0.05) is 10.5 Å². The van der Waals surface area contributed by atoms with Crippen LogP contribution in [-0.4, -0.2) is 47.4 Å². The summed E-state index contributed by atoms with van der Waals surface area (Å²) in [6, 6.07) is 0. The molecule has 1 saturated carbocycles. The molecule has 0 radical (unpaired) electrons. The van der Waals surface area contributed by atoms with Crippen LogP contribution < -0.4 is 5.32 Å². The number of rotatable bonds is 5. The van der Waals surface area contributed by atoms with Gasteiger partial charge in [-0.25, -0.2) is 0 Å². The van der Waals surface area contributed by atoms with Crippen molar-refractivity contribution in [2.45, 2.75) is 55.3 Å². The Hall–Kier alpha value is -0.260. The molecule has 0 aromatic carbocycles. The summed E-state index contributed by atoms with van der Waals surface area (Å²) in [5.74, 6) is -0.173. The van der Waals surface area contributed by atoms with Gasteiger partial charge < -0.3 is 15.2 Å². The molecule has 1 aliphatic rings. The molecule has 1 aliphatic carbocycles. The van der Waals surface area contributed by atoms with E-state index in [0.717, 1.165) is 19.3 Å². The summed E-state index contributed by atoms with van der Waals surface area (Å²) in [6.45, 7) is 3.82. The third-order valence-corrected chi connectivity index (χ3v) is 5.22. The van der Waals surface area contributed by atoms with Crippen LogP contribution in [0, 0.1) is 0 Å². The van der Waals surface area contributed by atoms with E-state index < -0.39 is 5.54 Å². The maximum absolute atomic E-state index is 11.8. The number of methoxy groups -OCH3 is 1. The number of esters is 1. The second kappa shape index (κ2) is 6.07. The molecular formula is C12H23NO3S. The van der Waals surface area contributed by atoms with E-state index in [2.05, 4.69) is 5.32 Å². The monoisotopic (exact) mass is 261 g/mol. The fourth-order valence-corrected chi connectivity index (χ4v) is 3.71. The minimum Gasteiger partial charge on any atom is -0.468 e. The largest absolute Gasteiger partial charge is 0.468 e. The van der Waals surface area contributed by atoms with Gasteiger partial charge >= 0.3 is 5.97 Å². The molecule has 4 nitrogen and oxygen atoms in total. The number of carbonyl (C=O) groups excluding carboxylic acids is 1. The second-order valence-electron chi connectivity index (χ2n) is 4.77. The fourth-order valence-electron chi connectivity index (χ4n) is 2.24. The number of thioether (sulfide) groups is 1. The fraction of sp³-hybridized carbons (Fsp3) is 0.917. The van der Waals surface area contributed by atoms with Crippen LogP contribution in [0.5, 0.6) is 0 Å². The quantitative estimate of drug-likeness (QED) is 0.728. The summed E-state index contributed by atoms with van der Waals surface area (Å²) >= 11 is 1.76. The Morgan fingerprint density at radius 2 is 2.24 bits per heavy atom. The van der Waals surface area contributed by atoms with Gasteiger partial charge in [0.15, 0.2) is 0 Å². The van der Waals surface area contributed by atoms with E-state index in [4.69, 9.17) is 4.74 Å². The minimum absolute atomic E-state index is 0.173. The lowest BCUT2D eigenvalue weighted by atomic mass is 9.98. The van der Waals surface area contributed by atoms with E-state index in [-0.39, 0.29) is 17.3 Å². The SMILES string of the molecule is CNC1(C(=O)OC)CCC(SC(C)C(C)O)C1. The number of hydrogen-bond donors (Lipinski definition) is 2. The van der Waals surface area contributed by atoms with Gasteiger partial charge in [-0.1, -0.05) is 6.92 Å². The molecule has 1 rings (SSSR count). The summed E-state index contributed by atoms with van der Waals surface area (Å²) < 4.78 is 4.87. The predicted molar refractivity (Wildman–Crippen MR) is 70.2 cm³/mol. The van der Waals surface area contributed by atoms with Crippen molar-refractivity contribution in [3.63, 3.8) is 0 Å². The third kappa shape index (κ3) is 3.36. The van der Waals surface area contributed by atoms with Crippen molar-refractivity contribution in [3.05, 3.63) is 0 Å². The summed E-state index contributed by atoms with van der Waals surface area (Å²) in [5, 5.41) is 13.2. The number of aliphatic hydroxyl groups is 1. The summed E-state index contributed by atoms with van der Waals surface area (Å²) in [7, 11) is 3.24. The summed E-state index contributed by atoms with van der Waals surface area (Å²) in [6.07, 6.45) is 2.25. The Kier molecular flexibility index (Phi) is 5.28. The molecule has 0 aliphatic heterocycles. The van der Waals surface area contributed by atoms with Crippen molar-refractivity contribution in [3.8, 4) is 0 Å². The maximum atomic E-state index is 11.8. The summed E-state index contributed by atoms with van der Waals surface area (Å²) in [5.41, 5.74) is -0.523. The van der Waals surface area contributed by atoms with Crippen LogP contribution in [0.3, 0.4) is 0 Å². The van der Waals surface area contributed by atoms with Crippen LogP contribution in [0.15, 0.2) is 0 Å². The third-order valence-electron chi connectivity index (χ3n) is 3.61. The van der Waals surface area contributed by atoms with Crippen molar-refractivity contribution in [2.24, 2.45) is 0 Å². The molecule has 2 N–H and O–H groups in total. The molecule has 0 aromatic rings. The average Bonchev–Trinajstić information content (AvgIpc) is 2.72. The lowest BCUT2D eigenvalue weighted by molar-refractivity contribution is -0.148. The highest BCUT2D eigenvalue weighted by atomic mass is 32.2. The lowest BCUT2D eigenvalue weighted by Gasteiger charge is -2.26. The first kappa shape index (κ1) is 14.8. The number of likely N-dealkylation sites (N-methyl/N-ethyl adjacent to an activating group) is 1. The first-order valence-electron chi connectivity index (χ1n) is 6.06. The zero-order chi connectivity index (χ0) is 13.1. The molecule has 100 valence electrons. The van der Waals surface area contributed by atoms with Crippen molar-refractivity contribution in [2.75, 3.05) is 14.2 Å². The first-order valence-corrected chi connectivity index (χ1v) is 7.00. The van der Waals surface area contributed by atoms with Crippen LogP contribution in [0.4, 0.5) is 0 Å². The summed E-state index contributed by atoms with van der Waals surface area (Å²) in [4.78, 5) is 11.8. The van der Waals surface area contributed by atoms with Gasteiger partial charge in [-0.3, -0.25) is 4.79 Å². The maximum Gasteiger partial charge on any atom is 0.326 e. The van der Waals surface area contributed by atoms with E-state index in [9.17, 15) is 9.90 Å². The lowest BCUT2D eigenvalue weighted by Crippen LogP contribution is -2.49. The van der Waals surface area contributed by atoms with Gasteiger partial charge in [0.2, 0.25) is 0 Å². The van der Waals surface area contributed by atoms with E-state index in [1.54, 1.807) is 18.7 Å². The molecular weight excluding hydrogens is 238 g/mol. The Balaban J connectivity index is 2.58. The van der Waals surface area contributed by atoms with Crippen LogP contribution in [-0.2, 0) is 9.53 Å². The van der Waals surface area contributed by atoms with Gasteiger partial charge in [-0.2, -0.15) is 11.8 Å². The van der Waals surface area contributed by atoms with Crippen molar-refractivity contribution in [1.82, 2.24) is 5.32 Å². The topological polar surface area (TPSA) is 58.6 Å². The van der Waals surface area contributed by atoms with E-state index in [1.165, 1.54) is 7.11 Å². The van der Waals surface area contributed by atoms with Gasteiger partial charge in [-0.05, 0) is 33.2 Å². The highest BCUT2D eigenvalue weighted by molar-refractivity contribution is 8.00. The van der Waals surface area contributed by atoms with Crippen LogP contribution in [0.1, 0.15) is 33.1 Å². The Morgan fingerprint density at radius 1 is 1.59 bits per heavy atom. The molecule has 0 saturated heterocycles. The predicted octanol–water partition coefficient (Wildman–Crippen LogP) is 1.17. The van der Waals surface area contributed by atoms with Gasteiger partial charge in [0.25, 0.3) is 0 Å². The molecule has 0 bridgehead atoms. The van der Waals surface area contributed by atoms with E-state index in [0.29, 0.717) is 5.25 Å². The first-order chi connectivity index (χ1) is 7.95. The molecule has 17 heavy (non-hydrogen) atoms. The van der Waals surface area contributed by atoms with Crippen molar-refractivity contribution < 1.29 is 14.6 Å². The number of ether oxygens (including phenoxy) is 1. The molecule has 0 heterocycles. The highest BCUT2D eigenvalue weighted by Gasteiger charge is 2.45. The average molecular weight is 261 g/mol. The Labute approximate surface area is 107 Å².